The van der Waals surface area contributed by atoms with E-state index in [4.69, 9.17) is 0 Å². The number of carbonyl (C=O) groups is 2. The maximum atomic E-state index is 12.7. The predicted octanol–water partition coefficient (Wildman–Crippen LogP) is 5.80. The molecule has 0 saturated carbocycles. The Bertz CT molecular complexity index is 1170. The molecule has 0 radical (unpaired) electrons. The van der Waals surface area contributed by atoms with E-state index in [9.17, 15) is 22.8 Å². The molecule has 0 N–H and O–H groups in total. The molecule has 0 saturated heterocycles. The zero-order valence-corrected chi connectivity index (χ0v) is 19.7. The van der Waals surface area contributed by atoms with Gasteiger partial charge in [0.2, 0.25) is 0 Å². The molecule has 6 nitrogen and oxygen atoms in total. The molecule has 1 aromatic carbocycles. The molecule has 0 amide bonds. The summed E-state index contributed by atoms with van der Waals surface area (Å²) in [5, 5.41) is 0. The van der Waals surface area contributed by atoms with Gasteiger partial charge < -0.3 is 9.47 Å². The molecule has 0 unspecified atom stereocenters. The van der Waals surface area contributed by atoms with Crippen molar-refractivity contribution in [2.45, 2.75) is 20.0 Å². The highest BCUT2D eigenvalue weighted by molar-refractivity contribution is 9.10. The number of nitrogens with zero attached hydrogens (tertiary/aromatic N) is 2. The summed E-state index contributed by atoms with van der Waals surface area (Å²) in [4.78, 5) is 30.4. The zero-order valence-electron chi connectivity index (χ0n) is 18.2. The van der Waals surface area contributed by atoms with E-state index in [1.54, 1.807) is 25.3 Å². The summed E-state index contributed by atoms with van der Waals surface area (Å²) in [5.74, 6) is -0.983. The number of rotatable bonds is 3. The molecule has 0 aliphatic rings. The van der Waals surface area contributed by atoms with E-state index in [1.807, 2.05) is 13.0 Å². The van der Waals surface area contributed by atoms with E-state index in [0.717, 1.165) is 22.2 Å². The lowest BCUT2D eigenvalue weighted by Gasteiger charge is -2.10. The fourth-order valence-electron chi connectivity index (χ4n) is 2.77. The van der Waals surface area contributed by atoms with Crippen LogP contribution in [-0.4, -0.2) is 36.1 Å². The highest BCUT2D eigenvalue weighted by atomic mass is 79.9. The number of esters is 2. The predicted molar refractivity (Wildman–Crippen MR) is 119 cm³/mol. The third kappa shape index (κ3) is 6.85. The summed E-state index contributed by atoms with van der Waals surface area (Å²) in [6.07, 6.45) is -1.47. The third-order valence-corrected chi connectivity index (χ3v) is 4.84. The summed E-state index contributed by atoms with van der Waals surface area (Å²) in [6.45, 7) is 3.46. The molecular weight excluding hydrogens is 505 g/mol. The van der Waals surface area contributed by atoms with Crippen molar-refractivity contribution < 1.29 is 32.2 Å². The molecule has 3 rings (SSSR count). The lowest BCUT2D eigenvalue weighted by Crippen LogP contribution is -2.07. The molecule has 3 aromatic rings. The van der Waals surface area contributed by atoms with Gasteiger partial charge in [0.05, 0.1) is 19.8 Å². The van der Waals surface area contributed by atoms with E-state index in [1.165, 1.54) is 26.5 Å². The Balaban J connectivity index is 0.000000273. The first-order valence-electron chi connectivity index (χ1n) is 9.41. The Morgan fingerprint density at radius 3 is 1.88 bits per heavy atom. The topological polar surface area (TPSA) is 78.4 Å². The lowest BCUT2D eigenvalue weighted by molar-refractivity contribution is -0.137. The summed E-state index contributed by atoms with van der Waals surface area (Å²) in [7, 11) is 2.58. The fourth-order valence-corrected chi connectivity index (χ4v) is 3.21. The molecule has 174 valence electrons. The van der Waals surface area contributed by atoms with Crippen LogP contribution in [0, 0.1) is 13.8 Å². The largest absolute Gasteiger partial charge is 0.464 e. The minimum atomic E-state index is -4.40. The quantitative estimate of drug-likeness (QED) is 0.403. The van der Waals surface area contributed by atoms with Crippen molar-refractivity contribution in [2.24, 2.45) is 0 Å². The van der Waals surface area contributed by atoms with Crippen molar-refractivity contribution >= 4 is 27.9 Å². The molecule has 0 aliphatic heterocycles. The normalized spacial score (nSPS) is 10.7. The first-order chi connectivity index (χ1) is 15.5. The number of halogens is 4. The SMILES string of the molecule is COC(=O)c1ncc(-c2cccc(C(F)(F)F)c2)cc1C.COC(=O)c1ncc(Br)cc1C. The van der Waals surface area contributed by atoms with E-state index in [-0.39, 0.29) is 5.69 Å². The van der Waals surface area contributed by atoms with Crippen LogP contribution in [0.5, 0.6) is 0 Å². The second kappa shape index (κ2) is 11.0. The summed E-state index contributed by atoms with van der Waals surface area (Å²) >= 11 is 3.25. The number of aromatic nitrogens is 2. The Kier molecular flexibility index (Phi) is 8.69. The second-order valence-electron chi connectivity index (χ2n) is 6.77. The van der Waals surface area contributed by atoms with Gasteiger partial charge in [-0.3, -0.25) is 0 Å². The standard InChI is InChI=1S/C15H12F3NO2.C8H8BrNO2/c1-9-6-11(8-19-13(9)14(20)21-2)10-4-3-5-12(7-10)15(16,17)18;1-5-3-6(9)4-10-7(5)8(11)12-2/h3-8H,1-2H3;3-4H,1-2H3. The first kappa shape index (κ1) is 26.0. The van der Waals surface area contributed by atoms with Gasteiger partial charge in [-0.15, -0.1) is 0 Å². The van der Waals surface area contributed by atoms with E-state index in [0.29, 0.717) is 22.4 Å². The van der Waals surface area contributed by atoms with Crippen LogP contribution in [0.3, 0.4) is 0 Å². The van der Waals surface area contributed by atoms with Crippen molar-refractivity contribution in [1.82, 2.24) is 9.97 Å². The van der Waals surface area contributed by atoms with Gasteiger partial charge in [0, 0.05) is 22.4 Å². The Hall–Kier alpha value is -3.27. The molecular formula is C23H20BrF3N2O4. The average molecular weight is 525 g/mol. The van der Waals surface area contributed by atoms with Gasteiger partial charge in [0.15, 0.2) is 11.4 Å². The molecule has 0 bridgehead atoms. The second-order valence-corrected chi connectivity index (χ2v) is 7.69. The lowest BCUT2D eigenvalue weighted by atomic mass is 10.0. The highest BCUT2D eigenvalue weighted by Crippen LogP contribution is 2.32. The van der Waals surface area contributed by atoms with E-state index < -0.39 is 23.7 Å². The fraction of sp³-hybridized carbons (Fsp3) is 0.217. The molecule has 2 aromatic heterocycles. The maximum Gasteiger partial charge on any atom is 0.416 e. The number of hydrogen-bond acceptors (Lipinski definition) is 6. The summed E-state index contributed by atoms with van der Waals surface area (Å²) in [6, 6.07) is 8.38. The molecule has 0 aliphatic carbocycles. The number of benzene rings is 1. The molecule has 2 heterocycles. The highest BCUT2D eigenvalue weighted by Gasteiger charge is 2.30. The maximum absolute atomic E-state index is 12.7. The van der Waals surface area contributed by atoms with Gasteiger partial charge in [-0.25, -0.2) is 19.6 Å². The summed E-state index contributed by atoms with van der Waals surface area (Å²) < 4.78 is 48.1. The number of hydrogen-bond donors (Lipinski definition) is 0. The number of pyridine rings is 2. The van der Waals surface area contributed by atoms with Crippen molar-refractivity contribution in [3.05, 3.63) is 81.3 Å². The molecule has 33 heavy (non-hydrogen) atoms. The van der Waals surface area contributed by atoms with Crippen LogP contribution in [0.15, 0.2) is 53.3 Å². The Labute approximate surface area is 196 Å². The molecule has 0 fully saturated rings. The van der Waals surface area contributed by atoms with Crippen molar-refractivity contribution in [3.8, 4) is 11.1 Å². The van der Waals surface area contributed by atoms with Crippen LogP contribution in [0.2, 0.25) is 0 Å². The average Bonchev–Trinajstić information content (AvgIpc) is 2.78. The van der Waals surface area contributed by atoms with Crippen LogP contribution in [0.4, 0.5) is 13.2 Å². The van der Waals surface area contributed by atoms with E-state index in [2.05, 4.69) is 35.4 Å². The van der Waals surface area contributed by atoms with Crippen LogP contribution in [-0.2, 0) is 15.7 Å². The van der Waals surface area contributed by atoms with Gasteiger partial charge in [-0.2, -0.15) is 13.2 Å². The number of aryl methyl sites for hydroxylation is 2. The van der Waals surface area contributed by atoms with Gasteiger partial charge in [-0.1, -0.05) is 12.1 Å². The summed E-state index contributed by atoms with van der Waals surface area (Å²) in [5.41, 5.74) is 2.01. The Morgan fingerprint density at radius 1 is 0.848 bits per heavy atom. The minimum absolute atomic E-state index is 0.147. The van der Waals surface area contributed by atoms with Crippen molar-refractivity contribution in [2.75, 3.05) is 14.2 Å². The Morgan fingerprint density at radius 2 is 1.39 bits per heavy atom. The van der Waals surface area contributed by atoms with Crippen LogP contribution < -0.4 is 0 Å². The zero-order chi connectivity index (χ0) is 24.8. The molecule has 0 spiro atoms. The van der Waals surface area contributed by atoms with Crippen LogP contribution in [0.25, 0.3) is 11.1 Å². The van der Waals surface area contributed by atoms with Gasteiger partial charge in [-0.05, 0) is 70.7 Å². The van der Waals surface area contributed by atoms with Crippen molar-refractivity contribution in [1.29, 1.82) is 0 Å². The number of carbonyl (C=O) groups excluding carboxylic acids is 2. The number of alkyl halides is 3. The van der Waals surface area contributed by atoms with Crippen LogP contribution >= 0.6 is 15.9 Å². The first-order valence-corrected chi connectivity index (χ1v) is 10.2. The monoisotopic (exact) mass is 524 g/mol. The van der Waals surface area contributed by atoms with Gasteiger partial charge in [0.25, 0.3) is 0 Å². The molecule has 10 heteroatoms. The van der Waals surface area contributed by atoms with Crippen molar-refractivity contribution in [3.63, 3.8) is 0 Å². The minimum Gasteiger partial charge on any atom is -0.464 e. The third-order valence-electron chi connectivity index (χ3n) is 4.40. The van der Waals surface area contributed by atoms with Crippen LogP contribution in [0.1, 0.15) is 37.7 Å². The smallest absolute Gasteiger partial charge is 0.416 e. The molecule has 0 atom stereocenters. The van der Waals surface area contributed by atoms with Gasteiger partial charge in [0.1, 0.15) is 0 Å². The number of ether oxygens (including phenoxy) is 2. The van der Waals surface area contributed by atoms with Gasteiger partial charge >= 0.3 is 18.1 Å². The number of methoxy groups -OCH3 is 2. The van der Waals surface area contributed by atoms with E-state index >= 15 is 0 Å².